The highest BCUT2D eigenvalue weighted by atomic mass is 32.2. The molecular weight excluding hydrogens is 549 g/mol. The summed E-state index contributed by atoms with van der Waals surface area (Å²) in [6, 6.07) is 0.330. The van der Waals surface area contributed by atoms with Crippen LogP contribution in [0.1, 0.15) is 55.4 Å². The van der Waals surface area contributed by atoms with Crippen molar-refractivity contribution in [2.24, 2.45) is 20.3 Å². The Labute approximate surface area is 228 Å². The SMILES string of the molecule is CC(C)N=C1S/C(=N/OC(=O)N(C)SN(C)C(=O)O/N=C2/SC(=NC(C)C)SC2(C)C)C(C)(C)S1. The quantitative estimate of drug-likeness (QED) is 0.201. The Morgan fingerprint density at radius 1 is 0.771 bits per heavy atom. The van der Waals surface area contributed by atoms with Crippen LogP contribution in [0.15, 0.2) is 20.3 Å². The topological polar surface area (TPSA) is 109 Å². The molecule has 2 saturated heterocycles. The first-order chi connectivity index (χ1) is 16.1. The second-order valence-corrected chi connectivity index (χ2v) is 15.9. The van der Waals surface area contributed by atoms with Crippen molar-refractivity contribution in [3.05, 3.63) is 0 Å². The fourth-order valence-electron chi connectivity index (χ4n) is 2.29. The lowest BCUT2D eigenvalue weighted by atomic mass is 10.2. The molecule has 0 aromatic rings. The van der Waals surface area contributed by atoms with E-state index in [-0.39, 0.29) is 21.6 Å². The second kappa shape index (κ2) is 12.5. The maximum atomic E-state index is 12.4. The van der Waals surface area contributed by atoms with Gasteiger partial charge in [-0.3, -0.25) is 19.7 Å². The van der Waals surface area contributed by atoms with Gasteiger partial charge >= 0.3 is 12.2 Å². The van der Waals surface area contributed by atoms with Crippen LogP contribution in [0, 0.1) is 0 Å². The maximum absolute atomic E-state index is 12.4. The number of carbonyl (C=O) groups excluding carboxylic acids is 2. The lowest BCUT2D eigenvalue weighted by Crippen LogP contribution is -2.29. The molecule has 0 aromatic heterocycles. The third-order valence-corrected chi connectivity index (χ3v) is 10.1. The Balaban J connectivity index is 1.91. The average Bonchev–Trinajstić information content (AvgIpc) is 3.15. The van der Waals surface area contributed by atoms with E-state index in [1.807, 2.05) is 55.4 Å². The highest BCUT2D eigenvalue weighted by molar-refractivity contribution is 8.50. The van der Waals surface area contributed by atoms with Gasteiger partial charge in [0.2, 0.25) is 0 Å². The summed E-state index contributed by atoms with van der Waals surface area (Å²) in [5, 5.41) is 9.37. The molecule has 35 heavy (non-hydrogen) atoms. The Hall–Kier alpha value is -1.03. The predicted octanol–water partition coefficient (Wildman–Crippen LogP) is 6.36. The summed E-state index contributed by atoms with van der Waals surface area (Å²) < 4.78 is 3.34. The van der Waals surface area contributed by atoms with Crippen LogP contribution in [0.5, 0.6) is 0 Å². The molecule has 2 fully saturated rings. The summed E-state index contributed by atoms with van der Waals surface area (Å²) in [6.07, 6.45) is -1.47. The number of thioether (sulfide) groups is 4. The molecule has 10 nitrogen and oxygen atoms in total. The molecule has 0 saturated carbocycles. The van der Waals surface area contributed by atoms with Crippen molar-refractivity contribution in [3.63, 3.8) is 0 Å². The van der Waals surface area contributed by atoms with Crippen LogP contribution in [0.4, 0.5) is 9.59 Å². The minimum Gasteiger partial charge on any atom is -0.296 e. The van der Waals surface area contributed by atoms with E-state index in [4.69, 9.17) is 9.68 Å². The van der Waals surface area contributed by atoms with E-state index in [1.54, 1.807) is 23.5 Å². The van der Waals surface area contributed by atoms with Crippen molar-refractivity contribution in [1.29, 1.82) is 0 Å². The number of amides is 2. The number of aliphatic imine (C=N–C) groups is 2. The number of hydrogen-bond donors (Lipinski definition) is 0. The van der Waals surface area contributed by atoms with Gasteiger partial charge in [0.05, 0.1) is 21.6 Å². The molecule has 2 rings (SSSR count). The molecule has 0 unspecified atom stereocenters. The van der Waals surface area contributed by atoms with Gasteiger partial charge in [-0.1, -0.05) is 33.8 Å². The summed E-state index contributed by atoms with van der Waals surface area (Å²) in [4.78, 5) is 44.1. The molecule has 2 heterocycles. The Morgan fingerprint density at radius 2 is 1.11 bits per heavy atom. The molecule has 0 spiro atoms. The van der Waals surface area contributed by atoms with Crippen LogP contribution in [-0.4, -0.2) is 75.3 Å². The van der Waals surface area contributed by atoms with Crippen molar-refractivity contribution in [2.45, 2.75) is 77.0 Å². The molecule has 0 radical (unpaired) electrons. The second-order valence-electron chi connectivity index (χ2n) is 8.99. The molecular formula is C20H32N6O4S5. The van der Waals surface area contributed by atoms with E-state index < -0.39 is 12.2 Å². The van der Waals surface area contributed by atoms with Crippen LogP contribution in [-0.2, 0) is 9.68 Å². The van der Waals surface area contributed by atoms with Gasteiger partial charge < -0.3 is 0 Å². The lowest BCUT2D eigenvalue weighted by Gasteiger charge is -2.20. The van der Waals surface area contributed by atoms with Gasteiger partial charge in [-0.05, 0) is 78.9 Å². The van der Waals surface area contributed by atoms with Crippen LogP contribution in [0.25, 0.3) is 0 Å². The molecule has 2 aliphatic rings. The third-order valence-electron chi connectivity index (χ3n) is 3.98. The highest BCUT2D eigenvalue weighted by Crippen LogP contribution is 2.45. The Kier molecular flexibility index (Phi) is 10.8. The standard InChI is InChI=1S/C20H32N6O4S5/c1-11(2)21-15-31-13(19(5,6)33-15)23-29-17(27)25(9)35-26(10)18(28)30-24-14-20(7,8)34-16(32-14)22-12(3)4/h11-12H,1-10H3/b21-15?,22-16?,23-13+,24-14+. The van der Waals surface area contributed by atoms with Gasteiger partial charge in [0.25, 0.3) is 0 Å². The van der Waals surface area contributed by atoms with Gasteiger partial charge in [-0.2, -0.15) is 0 Å². The first kappa shape index (κ1) is 30.2. The fourth-order valence-corrected chi connectivity index (χ4v) is 8.56. The zero-order chi connectivity index (χ0) is 26.6. The van der Waals surface area contributed by atoms with E-state index in [0.717, 1.165) is 29.5 Å². The summed E-state index contributed by atoms with van der Waals surface area (Å²) in [6.45, 7) is 16.0. The molecule has 2 amide bonds. The fraction of sp³-hybridized carbons (Fsp3) is 0.700. The van der Waals surface area contributed by atoms with Gasteiger partial charge in [0.15, 0.2) is 0 Å². The normalized spacial score (nSPS) is 23.7. The van der Waals surface area contributed by atoms with Crippen molar-refractivity contribution in [1.82, 2.24) is 8.61 Å². The maximum Gasteiger partial charge on any atom is 0.447 e. The summed E-state index contributed by atoms with van der Waals surface area (Å²) in [5.41, 5.74) is 0. The predicted molar refractivity (Wildman–Crippen MR) is 155 cm³/mol. The molecule has 0 bridgehead atoms. The van der Waals surface area contributed by atoms with Crippen LogP contribution >= 0.6 is 59.2 Å². The largest absolute Gasteiger partial charge is 0.447 e. The Morgan fingerprint density at radius 3 is 1.43 bits per heavy atom. The Bertz CT molecular complexity index is 874. The first-order valence-corrected chi connectivity index (χ1v) is 14.7. The molecule has 0 aromatic carbocycles. The van der Waals surface area contributed by atoms with Crippen LogP contribution in [0.3, 0.4) is 0 Å². The van der Waals surface area contributed by atoms with Crippen molar-refractivity contribution in [3.8, 4) is 0 Å². The van der Waals surface area contributed by atoms with Crippen molar-refractivity contribution < 1.29 is 19.3 Å². The average molecular weight is 581 g/mol. The van der Waals surface area contributed by atoms with Crippen LogP contribution in [0.2, 0.25) is 0 Å². The number of rotatable bonds is 6. The molecule has 15 heteroatoms. The first-order valence-electron chi connectivity index (χ1n) is 10.7. The minimum atomic E-state index is -0.734. The van der Waals surface area contributed by atoms with Gasteiger partial charge in [0, 0.05) is 26.2 Å². The summed E-state index contributed by atoms with van der Waals surface area (Å²) in [5.74, 6) is 0. The van der Waals surface area contributed by atoms with E-state index in [9.17, 15) is 9.59 Å². The van der Waals surface area contributed by atoms with E-state index >= 15 is 0 Å². The lowest BCUT2D eigenvalue weighted by molar-refractivity contribution is 0.131. The minimum absolute atomic E-state index is 0.165. The zero-order valence-corrected chi connectivity index (χ0v) is 25.6. The van der Waals surface area contributed by atoms with Crippen molar-refractivity contribution >= 4 is 90.2 Å². The molecule has 0 atom stereocenters. The van der Waals surface area contributed by atoms with E-state index in [2.05, 4.69) is 20.3 Å². The zero-order valence-electron chi connectivity index (χ0n) is 21.5. The summed E-state index contributed by atoms with van der Waals surface area (Å²) in [7, 11) is 2.94. The van der Waals surface area contributed by atoms with Gasteiger partial charge in [-0.25, -0.2) is 18.2 Å². The van der Waals surface area contributed by atoms with E-state index in [0.29, 0.717) is 10.1 Å². The smallest absolute Gasteiger partial charge is 0.296 e. The van der Waals surface area contributed by atoms with E-state index in [1.165, 1.54) is 37.6 Å². The van der Waals surface area contributed by atoms with Gasteiger partial charge in [-0.15, -0.1) is 0 Å². The molecule has 196 valence electrons. The molecule has 0 N–H and O–H groups in total. The molecule has 2 aliphatic heterocycles. The molecule has 0 aliphatic carbocycles. The number of hydrogen-bond acceptors (Lipinski definition) is 13. The van der Waals surface area contributed by atoms with Gasteiger partial charge in [0.1, 0.15) is 18.8 Å². The number of oxime groups is 2. The van der Waals surface area contributed by atoms with Crippen molar-refractivity contribution in [2.75, 3.05) is 14.1 Å². The van der Waals surface area contributed by atoms with Crippen LogP contribution < -0.4 is 0 Å². The third kappa shape index (κ3) is 9.09. The monoisotopic (exact) mass is 580 g/mol. The summed E-state index contributed by atoms with van der Waals surface area (Å²) >= 11 is 6.74. The highest BCUT2D eigenvalue weighted by Gasteiger charge is 2.39. The number of carbonyl (C=O) groups is 2. The number of nitrogens with zero attached hydrogens (tertiary/aromatic N) is 6.